The van der Waals surface area contributed by atoms with Gasteiger partial charge in [0, 0.05) is 17.7 Å². The van der Waals surface area contributed by atoms with Crippen LogP contribution in [0.2, 0.25) is 0 Å². The van der Waals surface area contributed by atoms with Gasteiger partial charge in [0.15, 0.2) is 10.8 Å². The van der Waals surface area contributed by atoms with Crippen LogP contribution in [0.1, 0.15) is 48.6 Å². The van der Waals surface area contributed by atoms with Gasteiger partial charge < -0.3 is 10.1 Å². The summed E-state index contributed by atoms with van der Waals surface area (Å²) in [6.07, 6.45) is 1.89. The maximum absolute atomic E-state index is 6.50. The van der Waals surface area contributed by atoms with Gasteiger partial charge in [-0.15, -0.1) is 0 Å². The molecule has 4 heteroatoms. The molecule has 0 aromatic heterocycles. The largest absolute Gasteiger partial charge is 0.467 e. The lowest BCUT2D eigenvalue weighted by molar-refractivity contribution is 0.0497. The number of rotatable bonds is 2. The number of ether oxygens (including phenoxy) is 1. The van der Waals surface area contributed by atoms with Gasteiger partial charge in [0.05, 0.1) is 6.04 Å². The van der Waals surface area contributed by atoms with Crippen molar-refractivity contribution < 1.29 is 4.74 Å². The molecule has 2 aliphatic heterocycles. The smallest absolute Gasteiger partial charge is 0.188 e. The highest BCUT2D eigenvalue weighted by Crippen LogP contribution is 2.46. The Kier molecular flexibility index (Phi) is 3.76. The van der Waals surface area contributed by atoms with E-state index in [0.29, 0.717) is 0 Å². The van der Waals surface area contributed by atoms with Gasteiger partial charge in [0.1, 0.15) is 5.75 Å². The zero-order chi connectivity index (χ0) is 17.8. The number of hydrogen-bond acceptors (Lipinski definition) is 2. The van der Waals surface area contributed by atoms with Crippen LogP contribution in [0.5, 0.6) is 5.75 Å². The summed E-state index contributed by atoms with van der Waals surface area (Å²) >= 11 is 5.74. The molecule has 1 N–H and O–H groups in total. The van der Waals surface area contributed by atoms with Crippen molar-refractivity contribution >= 4 is 23.0 Å². The summed E-state index contributed by atoms with van der Waals surface area (Å²) in [5, 5.41) is 4.27. The van der Waals surface area contributed by atoms with Gasteiger partial charge in [0.25, 0.3) is 0 Å². The molecule has 2 aromatic rings. The Bertz CT molecular complexity index is 863. The van der Waals surface area contributed by atoms with Crippen LogP contribution < -0.4 is 15.0 Å². The first kappa shape index (κ1) is 16.4. The summed E-state index contributed by atoms with van der Waals surface area (Å²) in [5.41, 5.74) is 5.69. The molecular weight excluding hydrogens is 328 g/mol. The second-order valence-corrected chi connectivity index (χ2v) is 7.70. The summed E-state index contributed by atoms with van der Waals surface area (Å²) in [6, 6.07) is 13.2. The fourth-order valence-electron chi connectivity index (χ4n) is 3.90. The lowest BCUT2D eigenvalue weighted by Crippen LogP contribution is -2.65. The van der Waals surface area contributed by atoms with Gasteiger partial charge in [-0.05, 0) is 74.3 Å². The Morgan fingerprint density at radius 1 is 1.20 bits per heavy atom. The molecule has 2 heterocycles. The van der Waals surface area contributed by atoms with Crippen LogP contribution >= 0.6 is 12.2 Å². The molecule has 2 bridgehead atoms. The molecule has 0 unspecified atom stereocenters. The average molecular weight is 353 g/mol. The predicted molar refractivity (Wildman–Crippen MR) is 106 cm³/mol. The molecule has 3 nitrogen and oxygen atoms in total. The molecule has 2 aliphatic rings. The van der Waals surface area contributed by atoms with E-state index in [1.54, 1.807) is 0 Å². The molecule has 0 amide bonds. The fourth-order valence-corrected chi connectivity index (χ4v) is 4.34. The van der Waals surface area contributed by atoms with E-state index in [4.69, 9.17) is 17.0 Å². The maximum Gasteiger partial charge on any atom is 0.188 e. The Morgan fingerprint density at radius 2 is 2.00 bits per heavy atom. The minimum absolute atomic E-state index is 0.204. The summed E-state index contributed by atoms with van der Waals surface area (Å²) in [5.74, 6) is 0.958. The molecule has 0 radical (unpaired) electrons. The predicted octanol–water partition coefficient (Wildman–Crippen LogP) is 4.80. The molecule has 2 aromatic carbocycles. The van der Waals surface area contributed by atoms with Gasteiger partial charge in [-0.1, -0.05) is 25.1 Å². The molecule has 2 atom stereocenters. The van der Waals surface area contributed by atoms with E-state index in [0.717, 1.165) is 29.4 Å². The van der Waals surface area contributed by atoms with Crippen molar-refractivity contribution in [1.82, 2.24) is 5.32 Å². The van der Waals surface area contributed by atoms with Crippen molar-refractivity contribution in [3.05, 3.63) is 58.7 Å². The van der Waals surface area contributed by atoms with Crippen molar-refractivity contribution in [3.63, 3.8) is 0 Å². The molecule has 1 saturated heterocycles. The van der Waals surface area contributed by atoms with Gasteiger partial charge in [-0.2, -0.15) is 0 Å². The van der Waals surface area contributed by atoms with Crippen LogP contribution in [0.3, 0.4) is 0 Å². The summed E-state index contributed by atoms with van der Waals surface area (Å²) in [4.78, 5) is 2.13. The SMILES string of the molecule is CCc1ccc2c(c1)[C@H]1C[C@](C)(O2)N(c2ccc(C)c(C)c2)C(=S)N1. The molecule has 130 valence electrons. The number of fused-ring (bicyclic) bond motifs is 4. The Morgan fingerprint density at radius 3 is 2.72 bits per heavy atom. The minimum atomic E-state index is -0.477. The summed E-state index contributed by atoms with van der Waals surface area (Å²) in [7, 11) is 0. The molecule has 0 spiro atoms. The monoisotopic (exact) mass is 352 g/mol. The molecule has 25 heavy (non-hydrogen) atoms. The lowest BCUT2D eigenvalue weighted by Gasteiger charge is -2.52. The number of nitrogens with zero attached hydrogens (tertiary/aromatic N) is 1. The Hall–Kier alpha value is -2.07. The third-order valence-electron chi connectivity index (χ3n) is 5.49. The van der Waals surface area contributed by atoms with Crippen LogP contribution in [0.4, 0.5) is 5.69 Å². The highest BCUT2D eigenvalue weighted by molar-refractivity contribution is 7.80. The first-order valence-corrected chi connectivity index (χ1v) is 9.32. The topological polar surface area (TPSA) is 24.5 Å². The van der Waals surface area contributed by atoms with E-state index in [9.17, 15) is 0 Å². The number of benzene rings is 2. The van der Waals surface area contributed by atoms with Crippen molar-refractivity contribution in [2.75, 3.05) is 4.90 Å². The van der Waals surface area contributed by atoms with Gasteiger partial charge >= 0.3 is 0 Å². The number of anilines is 1. The number of thiocarbonyl (C=S) groups is 1. The third kappa shape index (κ3) is 2.60. The summed E-state index contributed by atoms with van der Waals surface area (Å²) < 4.78 is 6.50. The molecule has 1 fully saturated rings. The van der Waals surface area contributed by atoms with Crippen molar-refractivity contribution in [2.45, 2.75) is 52.3 Å². The van der Waals surface area contributed by atoms with Gasteiger partial charge in [0.2, 0.25) is 0 Å². The van der Waals surface area contributed by atoms with Crippen molar-refractivity contribution in [2.24, 2.45) is 0 Å². The fraction of sp³-hybridized carbons (Fsp3) is 0.381. The van der Waals surface area contributed by atoms with E-state index in [1.807, 2.05) is 0 Å². The van der Waals surface area contributed by atoms with E-state index < -0.39 is 5.72 Å². The second-order valence-electron chi connectivity index (χ2n) is 7.31. The van der Waals surface area contributed by atoms with E-state index >= 15 is 0 Å². The minimum Gasteiger partial charge on any atom is -0.467 e. The highest BCUT2D eigenvalue weighted by Gasteiger charge is 2.48. The average Bonchev–Trinajstić information content (AvgIpc) is 2.57. The molecular formula is C21H24N2OS. The number of aryl methyl sites for hydroxylation is 3. The van der Waals surface area contributed by atoms with Crippen LogP contribution in [0.15, 0.2) is 36.4 Å². The van der Waals surface area contributed by atoms with Crippen molar-refractivity contribution in [3.8, 4) is 5.75 Å². The highest BCUT2D eigenvalue weighted by atomic mass is 32.1. The first-order chi connectivity index (χ1) is 11.9. The molecule has 0 saturated carbocycles. The van der Waals surface area contributed by atoms with Crippen LogP contribution in [0.25, 0.3) is 0 Å². The number of nitrogens with one attached hydrogen (secondary N) is 1. The van der Waals surface area contributed by atoms with E-state index in [-0.39, 0.29) is 6.04 Å². The van der Waals surface area contributed by atoms with Crippen LogP contribution in [-0.2, 0) is 6.42 Å². The zero-order valence-corrected chi connectivity index (χ0v) is 16.0. The van der Waals surface area contributed by atoms with Gasteiger partial charge in [-0.25, -0.2) is 0 Å². The van der Waals surface area contributed by atoms with Crippen LogP contribution in [-0.4, -0.2) is 10.8 Å². The third-order valence-corrected chi connectivity index (χ3v) is 5.79. The quantitative estimate of drug-likeness (QED) is 0.785. The van der Waals surface area contributed by atoms with E-state index in [2.05, 4.69) is 74.3 Å². The lowest BCUT2D eigenvalue weighted by atomic mass is 9.89. The summed E-state index contributed by atoms with van der Waals surface area (Å²) in [6.45, 7) is 8.57. The molecule has 0 aliphatic carbocycles. The Balaban J connectivity index is 1.78. The maximum atomic E-state index is 6.50. The Labute approximate surface area is 155 Å². The zero-order valence-electron chi connectivity index (χ0n) is 15.2. The number of hydrogen-bond donors (Lipinski definition) is 1. The molecule has 4 rings (SSSR count). The van der Waals surface area contributed by atoms with Crippen LogP contribution in [0, 0.1) is 13.8 Å². The van der Waals surface area contributed by atoms with E-state index in [1.165, 1.54) is 22.3 Å². The normalized spacial score (nSPS) is 24.4. The van der Waals surface area contributed by atoms with Gasteiger partial charge in [-0.3, -0.25) is 4.90 Å². The van der Waals surface area contributed by atoms with Crippen molar-refractivity contribution in [1.29, 1.82) is 0 Å². The first-order valence-electron chi connectivity index (χ1n) is 8.91. The standard InChI is InChI=1S/C21H24N2OS/c1-5-15-7-9-19-17(11-15)18-12-21(4,24-19)23(20(25)22-18)16-8-6-13(2)14(3)10-16/h6-11,18H,5,12H2,1-4H3,(H,22,25)/t18-,21+/m1/s1. The second kappa shape index (κ2) is 5.73.